The molecule has 0 rings (SSSR count). The van der Waals surface area contributed by atoms with Gasteiger partial charge in [-0.15, -0.1) is 0 Å². The zero-order valence-corrected chi connectivity index (χ0v) is 26.0. The van der Waals surface area contributed by atoms with Crippen LogP contribution in [0.3, 0.4) is 0 Å². The second-order valence-electron chi connectivity index (χ2n) is 6.03. The third-order valence-corrected chi connectivity index (χ3v) is 6.87. The second kappa shape index (κ2) is 30.1. The summed E-state index contributed by atoms with van der Waals surface area (Å²) in [6, 6.07) is 0. The van der Waals surface area contributed by atoms with Crippen LogP contribution >= 0.6 is 0 Å². The normalized spacial score (nSPS) is 10.2. The van der Waals surface area contributed by atoms with E-state index < -0.39 is 0 Å². The molecular formula is C20H48N2S4Zn. The number of hydrogen-bond donors (Lipinski definition) is 0. The van der Waals surface area contributed by atoms with E-state index in [-0.39, 0.29) is 19.5 Å². The zero-order valence-electron chi connectivity index (χ0n) is 19.7. The molecule has 0 amide bonds. The first-order valence-corrected chi connectivity index (χ1v) is 12.7. The quantitative estimate of drug-likeness (QED) is 0.248. The van der Waals surface area contributed by atoms with Gasteiger partial charge in [0, 0.05) is 0 Å². The van der Waals surface area contributed by atoms with Crippen molar-refractivity contribution in [2.24, 2.45) is 0 Å². The van der Waals surface area contributed by atoms with Crippen LogP contribution in [0.4, 0.5) is 0 Å². The summed E-state index contributed by atoms with van der Waals surface area (Å²) in [5.74, 6) is 2.87. The van der Waals surface area contributed by atoms with Crippen LogP contribution < -0.4 is 0 Å². The third kappa shape index (κ3) is 24.1. The minimum atomic E-state index is 0. The Morgan fingerprint density at radius 1 is 0.370 bits per heavy atom. The summed E-state index contributed by atoms with van der Waals surface area (Å²) in [5, 5.41) is 0. The Labute approximate surface area is 208 Å². The Balaban J connectivity index is -0.0000000843. The average molecular weight is 510 g/mol. The summed E-state index contributed by atoms with van der Waals surface area (Å²) < 4.78 is 2.56. The van der Waals surface area contributed by atoms with Crippen LogP contribution in [0.2, 0.25) is 0 Å². The van der Waals surface area contributed by atoms with Gasteiger partial charge in [-0.1, -0.05) is 0 Å². The smallest absolute Gasteiger partial charge is 0.794 e. The van der Waals surface area contributed by atoms with E-state index in [1.807, 2.05) is 0 Å². The fourth-order valence-corrected chi connectivity index (χ4v) is 2.68. The van der Waals surface area contributed by atoms with E-state index >= 15 is 0 Å². The predicted molar refractivity (Wildman–Crippen MR) is 134 cm³/mol. The molecule has 0 aliphatic carbocycles. The van der Waals surface area contributed by atoms with Crippen LogP contribution in [-0.2, 0) is 70.0 Å². The van der Waals surface area contributed by atoms with Crippen molar-refractivity contribution in [1.82, 2.24) is 0 Å². The van der Waals surface area contributed by atoms with Crippen LogP contribution in [0.5, 0.6) is 0 Å². The van der Waals surface area contributed by atoms with Crippen molar-refractivity contribution >= 4 is 50.5 Å². The number of quaternary nitrogens is 2. The summed E-state index contributed by atoms with van der Waals surface area (Å²) in [6.07, 6.45) is 0. The van der Waals surface area contributed by atoms with Crippen molar-refractivity contribution in [1.29, 1.82) is 0 Å². The molecule has 0 bridgehead atoms. The fraction of sp³-hybridized carbons (Fsp3) is 1.00. The van der Waals surface area contributed by atoms with Crippen LogP contribution in [0.15, 0.2) is 0 Å². The van der Waals surface area contributed by atoms with Gasteiger partial charge in [-0.3, -0.25) is 0 Å². The Hall–Kier alpha value is 1.94. The molecule has 0 aliphatic heterocycles. The molecular weight excluding hydrogens is 462 g/mol. The minimum Gasteiger partial charge on any atom is -0.794 e. The number of rotatable bonds is 10. The summed E-state index contributed by atoms with van der Waals surface area (Å²) in [4.78, 5) is 0. The molecule has 0 fully saturated rings. The molecule has 0 aromatic carbocycles. The van der Waals surface area contributed by atoms with E-state index in [0.717, 1.165) is 23.0 Å². The van der Waals surface area contributed by atoms with E-state index in [4.69, 9.17) is 0 Å². The molecule has 0 saturated heterocycles. The predicted octanol–water partition coefficient (Wildman–Crippen LogP) is 3.92. The van der Waals surface area contributed by atoms with Gasteiger partial charge in [-0.2, -0.15) is 23.0 Å². The Kier molecular flexibility index (Phi) is 44.0. The topological polar surface area (TPSA) is 0 Å². The fourth-order valence-electron chi connectivity index (χ4n) is 2.68. The zero-order chi connectivity index (χ0) is 21.5. The molecule has 0 saturated carbocycles. The maximum Gasteiger partial charge on any atom is 2.00 e. The van der Waals surface area contributed by atoms with Crippen LogP contribution in [0.25, 0.3) is 0 Å². The van der Waals surface area contributed by atoms with Gasteiger partial charge in [0.1, 0.15) is 0 Å². The summed E-state index contributed by atoms with van der Waals surface area (Å²) in [6.45, 7) is 28.4. The second-order valence-corrected chi connectivity index (χ2v) is 7.66. The van der Waals surface area contributed by atoms with Gasteiger partial charge in [0.15, 0.2) is 0 Å². The van der Waals surface area contributed by atoms with Crippen molar-refractivity contribution in [2.45, 2.75) is 55.4 Å². The van der Waals surface area contributed by atoms with Crippen LogP contribution in [0, 0.1) is 0 Å². The number of hydrogen-bond acceptors (Lipinski definition) is 4. The molecule has 0 aromatic heterocycles. The molecule has 0 unspecified atom stereocenters. The van der Waals surface area contributed by atoms with Gasteiger partial charge in [-0.25, -0.2) is 0 Å². The summed E-state index contributed by atoms with van der Waals surface area (Å²) >= 11 is 17.8. The van der Waals surface area contributed by atoms with Crippen molar-refractivity contribution in [3.05, 3.63) is 0 Å². The first-order valence-electron chi connectivity index (χ1n) is 10.3. The van der Waals surface area contributed by atoms with Gasteiger partial charge in [0.05, 0.1) is 52.4 Å². The van der Waals surface area contributed by atoms with Crippen LogP contribution in [-0.4, -0.2) is 84.3 Å². The van der Waals surface area contributed by atoms with Crippen molar-refractivity contribution < 1.29 is 28.4 Å². The maximum absolute atomic E-state index is 4.45. The van der Waals surface area contributed by atoms with Crippen molar-refractivity contribution in [3.8, 4) is 0 Å². The molecule has 0 aromatic rings. The van der Waals surface area contributed by atoms with Gasteiger partial charge in [0.25, 0.3) is 0 Å². The van der Waals surface area contributed by atoms with E-state index in [1.54, 1.807) is 0 Å². The van der Waals surface area contributed by atoms with E-state index in [1.165, 1.54) is 61.3 Å². The molecule has 7 heteroatoms. The monoisotopic (exact) mass is 508 g/mol. The Morgan fingerprint density at radius 2 is 0.481 bits per heavy atom. The Morgan fingerprint density at radius 3 is 0.481 bits per heavy atom. The van der Waals surface area contributed by atoms with Crippen molar-refractivity contribution in [2.75, 3.05) is 75.4 Å². The molecule has 0 atom stereocenters. The van der Waals surface area contributed by atoms with Crippen LogP contribution in [0.1, 0.15) is 55.4 Å². The third-order valence-electron chi connectivity index (χ3n) is 5.53. The molecule has 27 heavy (non-hydrogen) atoms. The molecule has 0 radical (unpaired) electrons. The molecule has 2 nitrogen and oxygen atoms in total. The first-order chi connectivity index (χ1) is 12.3. The van der Waals surface area contributed by atoms with E-state index in [0.29, 0.717) is 0 Å². The van der Waals surface area contributed by atoms with Crippen molar-refractivity contribution in [3.63, 3.8) is 0 Å². The summed E-state index contributed by atoms with van der Waals surface area (Å²) in [5.41, 5.74) is 0. The summed E-state index contributed by atoms with van der Waals surface area (Å²) in [7, 11) is 0. The van der Waals surface area contributed by atoms with E-state index in [9.17, 15) is 0 Å². The molecule has 0 heterocycles. The van der Waals surface area contributed by atoms with Gasteiger partial charge >= 0.3 is 19.5 Å². The van der Waals surface area contributed by atoms with E-state index in [2.05, 4.69) is 106 Å². The maximum atomic E-state index is 4.45. The van der Waals surface area contributed by atoms with Gasteiger partial charge < -0.3 is 59.5 Å². The molecule has 0 spiro atoms. The first kappa shape index (κ1) is 39.4. The molecule has 0 aliphatic rings. The number of nitrogens with zero attached hydrogens (tertiary/aromatic N) is 2. The standard InChI is InChI=1S/2C8H20N.2C2H6S2.Zn/c2*1-5-9(6-2,7-3)8-4;2*3-1-2-4;/h2*5-8H2,1-4H3;2*3-4H,1-2H2;/q2*+1;;;+2/p-4. The minimum absolute atomic E-state index is 0. The largest absolute Gasteiger partial charge is 2.00 e. The SMILES string of the molecule is CC[N+](CC)(CC)CC.CC[N+](CC)(CC)CC.[S-]CC[S-].[S-]CC[S-].[Zn+2]. The Bertz CT molecular complexity index is 177. The molecule has 164 valence electrons. The van der Waals surface area contributed by atoms with Gasteiger partial charge in [-0.05, 0) is 55.4 Å². The molecule has 0 N–H and O–H groups in total. The average Bonchev–Trinajstić information content (AvgIpc) is 2.73. The van der Waals surface area contributed by atoms with Gasteiger partial charge in [0.2, 0.25) is 0 Å².